The quantitative estimate of drug-likeness (QED) is 0.540. The van der Waals surface area contributed by atoms with Crippen molar-refractivity contribution in [1.29, 1.82) is 0 Å². The lowest BCUT2D eigenvalue weighted by molar-refractivity contribution is 0.244. The lowest BCUT2D eigenvalue weighted by Crippen LogP contribution is -2.26. The van der Waals surface area contributed by atoms with Gasteiger partial charge in [0.05, 0.1) is 20.8 Å². The summed E-state index contributed by atoms with van der Waals surface area (Å²) in [6, 6.07) is 8.54. The lowest BCUT2D eigenvalue weighted by atomic mass is 9.75. The first-order chi connectivity index (χ1) is 15.3. The van der Waals surface area contributed by atoms with Crippen molar-refractivity contribution in [2.24, 2.45) is 0 Å². The molecule has 1 heterocycles. The fourth-order valence-electron chi connectivity index (χ4n) is 4.22. The molecule has 1 aliphatic heterocycles. The molecule has 168 valence electrons. The smallest absolute Gasteiger partial charge is 0.200 e. The van der Waals surface area contributed by atoms with Gasteiger partial charge in [0.1, 0.15) is 11.5 Å². The molecule has 1 aliphatic rings. The normalized spacial score (nSPS) is 17.4. The Bertz CT molecular complexity index is 1150. The van der Waals surface area contributed by atoms with E-state index in [4.69, 9.17) is 14.2 Å². The molecule has 8 heteroatoms. The molecule has 0 saturated heterocycles. The first-order valence-corrected chi connectivity index (χ1v) is 9.84. The predicted molar refractivity (Wildman–Crippen MR) is 112 cm³/mol. The average Bonchev–Trinajstić information content (AvgIpc) is 2.79. The largest absolute Gasteiger partial charge is 0.508 e. The number of halogens is 2. The van der Waals surface area contributed by atoms with Gasteiger partial charge in [-0.3, -0.25) is 0 Å². The number of benzene rings is 3. The minimum Gasteiger partial charge on any atom is -0.508 e. The molecule has 0 fully saturated rings. The third kappa shape index (κ3) is 3.41. The van der Waals surface area contributed by atoms with Crippen LogP contribution in [0.2, 0.25) is 0 Å². The van der Waals surface area contributed by atoms with E-state index in [0.29, 0.717) is 22.4 Å². The molecule has 0 bridgehead atoms. The van der Waals surface area contributed by atoms with E-state index in [2.05, 4.69) is 0 Å². The molecule has 6 nitrogen and oxygen atoms in total. The highest BCUT2D eigenvalue weighted by atomic mass is 19.1. The van der Waals surface area contributed by atoms with Crippen LogP contribution in [-0.2, 0) is 0 Å². The van der Waals surface area contributed by atoms with E-state index >= 15 is 0 Å². The van der Waals surface area contributed by atoms with E-state index in [-0.39, 0.29) is 35.2 Å². The molecule has 4 rings (SSSR count). The van der Waals surface area contributed by atoms with Crippen LogP contribution in [0.3, 0.4) is 0 Å². The summed E-state index contributed by atoms with van der Waals surface area (Å²) < 4.78 is 45.1. The highest BCUT2D eigenvalue weighted by Gasteiger charge is 2.36. The Balaban J connectivity index is 1.96. The van der Waals surface area contributed by atoms with Gasteiger partial charge >= 0.3 is 0 Å². The number of fused-ring (bicyclic) bond motifs is 1. The van der Waals surface area contributed by atoms with Crippen molar-refractivity contribution in [3.8, 4) is 34.5 Å². The van der Waals surface area contributed by atoms with Crippen molar-refractivity contribution in [2.45, 2.75) is 18.8 Å². The summed E-state index contributed by atoms with van der Waals surface area (Å²) in [6.45, 7) is 1.80. The summed E-state index contributed by atoms with van der Waals surface area (Å²) in [5, 5.41) is 30.0. The SMILES string of the molecule is COc1cc(C2COc3c(ccc(O)c3C)C2c2cc(F)c(O)c(F)c2)cc(OC)c1O. The predicted octanol–water partition coefficient (Wildman–Crippen LogP) is 4.72. The molecule has 32 heavy (non-hydrogen) atoms. The monoisotopic (exact) mass is 444 g/mol. The molecule has 2 unspecified atom stereocenters. The molecule has 0 aliphatic carbocycles. The third-order valence-corrected chi connectivity index (χ3v) is 5.88. The van der Waals surface area contributed by atoms with Crippen LogP contribution in [0.4, 0.5) is 8.78 Å². The van der Waals surface area contributed by atoms with E-state index in [0.717, 1.165) is 12.1 Å². The third-order valence-electron chi connectivity index (χ3n) is 5.88. The van der Waals surface area contributed by atoms with Crippen molar-refractivity contribution in [3.05, 3.63) is 70.3 Å². The van der Waals surface area contributed by atoms with Crippen molar-refractivity contribution in [3.63, 3.8) is 0 Å². The van der Waals surface area contributed by atoms with Gasteiger partial charge in [0, 0.05) is 23.0 Å². The topological polar surface area (TPSA) is 88.4 Å². The van der Waals surface area contributed by atoms with Crippen LogP contribution in [0.5, 0.6) is 34.5 Å². The van der Waals surface area contributed by atoms with Gasteiger partial charge in [-0.05, 0) is 48.4 Å². The first kappa shape index (κ1) is 21.5. The Morgan fingerprint density at radius 2 is 1.47 bits per heavy atom. The van der Waals surface area contributed by atoms with Gasteiger partial charge < -0.3 is 29.5 Å². The van der Waals surface area contributed by atoms with Gasteiger partial charge in [-0.25, -0.2) is 8.78 Å². The molecule has 3 N–H and O–H groups in total. The van der Waals surface area contributed by atoms with E-state index in [9.17, 15) is 24.1 Å². The van der Waals surface area contributed by atoms with Crippen LogP contribution in [0.15, 0.2) is 36.4 Å². The summed E-state index contributed by atoms with van der Waals surface area (Å²) in [6.07, 6.45) is 0. The number of phenols is 3. The number of rotatable bonds is 4. The summed E-state index contributed by atoms with van der Waals surface area (Å²) in [5.41, 5.74) is 2.05. The zero-order chi connectivity index (χ0) is 23.2. The number of hydrogen-bond acceptors (Lipinski definition) is 6. The van der Waals surface area contributed by atoms with Crippen LogP contribution in [-0.4, -0.2) is 36.1 Å². The lowest BCUT2D eigenvalue weighted by Gasteiger charge is -2.35. The fourth-order valence-corrected chi connectivity index (χ4v) is 4.22. The molecule has 3 aromatic rings. The van der Waals surface area contributed by atoms with Crippen molar-refractivity contribution in [1.82, 2.24) is 0 Å². The molecule has 0 amide bonds. The van der Waals surface area contributed by atoms with Gasteiger partial charge in [0.15, 0.2) is 28.9 Å². The summed E-state index contributed by atoms with van der Waals surface area (Å²) in [7, 11) is 2.80. The van der Waals surface area contributed by atoms with E-state index in [1.807, 2.05) is 0 Å². The Hall–Kier alpha value is -3.68. The standard InChI is InChI=1S/C24H22F2O6/c1-11-18(27)5-4-14-21(13-6-16(25)22(28)17(26)7-13)15(10-32-24(11)14)12-8-19(30-2)23(29)20(9-12)31-3/h4-9,15,21,27-29H,10H2,1-3H3. The molecule has 0 radical (unpaired) electrons. The van der Waals surface area contributed by atoms with Crippen LogP contribution in [0.25, 0.3) is 0 Å². The molecular weight excluding hydrogens is 422 g/mol. The fraction of sp³-hybridized carbons (Fsp3) is 0.250. The van der Waals surface area contributed by atoms with Crippen LogP contribution in [0, 0.1) is 18.6 Å². The van der Waals surface area contributed by atoms with Crippen LogP contribution in [0.1, 0.15) is 34.1 Å². The number of aromatic hydroxyl groups is 3. The highest BCUT2D eigenvalue weighted by molar-refractivity contribution is 5.58. The minimum absolute atomic E-state index is 0.0389. The van der Waals surface area contributed by atoms with E-state index in [1.165, 1.54) is 20.3 Å². The number of hydrogen-bond donors (Lipinski definition) is 3. The maximum absolute atomic E-state index is 14.3. The molecular formula is C24H22F2O6. The second-order valence-corrected chi connectivity index (χ2v) is 7.63. The van der Waals surface area contributed by atoms with Gasteiger partial charge in [-0.1, -0.05) is 6.07 Å². The van der Waals surface area contributed by atoms with Crippen molar-refractivity contribution >= 4 is 0 Å². The first-order valence-electron chi connectivity index (χ1n) is 9.84. The Morgan fingerprint density at radius 3 is 2.03 bits per heavy atom. The second-order valence-electron chi connectivity index (χ2n) is 7.63. The molecule has 0 spiro atoms. The van der Waals surface area contributed by atoms with E-state index in [1.54, 1.807) is 25.1 Å². The maximum atomic E-state index is 14.3. The Kier molecular flexibility index (Phi) is 5.46. The van der Waals surface area contributed by atoms with Gasteiger partial charge in [0.25, 0.3) is 0 Å². The van der Waals surface area contributed by atoms with Gasteiger partial charge in [0.2, 0.25) is 5.75 Å². The Labute approximate surface area is 183 Å². The number of methoxy groups -OCH3 is 2. The van der Waals surface area contributed by atoms with Gasteiger partial charge in [-0.2, -0.15) is 0 Å². The highest BCUT2D eigenvalue weighted by Crippen LogP contribution is 2.51. The van der Waals surface area contributed by atoms with Crippen molar-refractivity contribution in [2.75, 3.05) is 20.8 Å². The maximum Gasteiger partial charge on any atom is 0.200 e. The number of phenolic OH excluding ortho intramolecular Hbond substituents is 3. The number of ether oxygens (including phenoxy) is 3. The van der Waals surface area contributed by atoms with E-state index < -0.39 is 29.2 Å². The summed E-state index contributed by atoms with van der Waals surface area (Å²) in [4.78, 5) is 0. The zero-order valence-corrected chi connectivity index (χ0v) is 17.6. The molecule has 0 saturated carbocycles. The van der Waals surface area contributed by atoms with Crippen LogP contribution < -0.4 is 14.2 Å². The second kappa shape index (κ2) is 8.11. The zero-order valence-electron chi connectivity index (χ0n) is 17.6. The molecule has 3 aromatic carbocycles. The Morgan fingerprint density at radius 1 is 0.875 bits per heavy atom. The summed E-state index contributed by atoms with van der Waals surface area (Å²) >= 11 is 0. The molecule has 0 aromatic heterocycles. The van der Waals surface area contributed by atoms with Crippen molar-refractivity contribution < 1.29 is 38.3 Å². The minimum atomic E-state index is -1.08. The van der Waals surface area contributed by atoms with Gasteiger partial charge in [-0.15, -0.1) is 0 Å². The summed E-state index contributed by atoms with van der Waals surface area (Å²) in [5.74, 6) is -3.62. The molecule has 2 atom stereocenters. The average molecular weight is 444 g/mol. The van der Waals surface area contributed by atoms with Crippen LogP contribution >= 0.6 is 0 Å².